The first-order valence-corrected chi connectivity index (χ1v) is 7.66. The second-order valence-electron chi connectivity index (χ2n) is 5.30. The minimum Gasteiger partial charge on any atom is -0.322 e. The zero-order valence-corrected chi connectivity index (χ0v) is 12.2. The number of nitrogens with one attached hydrogen (secondary N) is 1. The van der Waals surface area contributed by atoms with Crippen LogP contribution in [0.25, 0.3) is 0 Å². The van der Waals surface area contributed by atoms with Gasteiger partial charge in [0.25, 0.3) is 0 Å². The highest BCUT2D eigenvalue weighted by Gasteiger charge is 2.38. The SMILES string of the molecule is CCC1NC(c2ccsc2)N(CCC(C)C)C1=O. The molecule has 0 saturated carbocycles. The highest BCUT2D eigenvalue weighted by atomic mass is 32.1. The molecule has 18 heavy (non-hydrogen) atoms. The third kappa shape index (κ3) is 2.75. The van der Waals surface area contributed by atoms with Gasteiger partial charge in [0, 0.05) is 6.54 Å². The fourth-order valence-corrected chi connectivity index (χ4v) is 2.99. The van der Waals surface area contributed by atoms with Gasteiger partial charge in [-0.25, -0.2) is 0 Å². The van der Waals surface area contributed by atoms with Crippen LogP contribution in [-0.4, -0.2) is 23.4 Å². The molecule has 2 heterocycles. The number of rotatable bonds is 5. The monoisotopic (exact) mass is 266 g/mol. The van der Waals surface area contributed by atoms with Gasteiger partial charge in [0.15, 0.2) is 0 Å². The van der Waals surface area contributed by atoms with Crippen LogP contribution in [0.1, 0.15) is 45.3 Å². The molecule has 2 atom stereocenters. The second kappa shape index (κ2) is 5.85. The quantitative estimate of drug-likeness (QED) is 0.888. The summed E-state index contributed by atoms with van der Waals surface area (Å²) >= 11 is 1.68. The third-order valence-electron chi connectivity index (χ3n) is 3.47. The Morgan fingerprint density at radius 3 is 2.83 bits per heavy atom. The zero-order chi connectivity index (χ0) is 13.1. The minimum absolute atomic E-state index is 0.0120. The van der Waals surface area contributed by atoms with Crippen LogP contribution in [0.2, 0.25) is 0 Å². The lowest BCUT2D eigenvalue weighted by Crippen LogP contribution is -2.32. The summed E-state index contributed by atoms with van der Waals surface area (Å²) in [7, 11) is 0. The van der Waals surface area contributed by atoms with E-state index in [1.807, 2.05) is 4.90 Å². The van der Waals surface area contributed by atoms with E-state index in [1.54, 1.807) is 11.3 Å². The number of amides is 1. The molecule has 1 aromatic heterocycles. The molecule has 3 nitrogen and oxygen atoms in total. The Morgan fingerprint density at radius 2 is 2.28 bits per heavy atom. The van der Waals surface area contributed by atoms with Crippen molar-refractivity contribution in [2.45, 2.75) is 45.8 Å². The van der Waals surface area contributed by atoms with Gasteiger partial charge in [0.1, 0.15) is 6.17 Å². The highest BCUT2D eigenvalue weighted by Crippen LogP contribution is 2.28. The molecule has 1 aromatic rings. The molecule has 0 radical (unpaired) electrons. The summed E-state index contributed by atoms with van der Waals surface area (Å²) in [4.78, 5) is 14.3. The zero-order valence-electron chi connectivity index (χ0n) is 11.3. The molecule has 1 N–H and O–H groups in total. The Balaban J connectivity index is 2.13. The smallest absolute Gasteiger partial charge is 0.241 e. The molecule has 0 bridgehead atoms. The summed E-state index contributed by atoms with van der Waals surface area (Å²) in [5.74, 6) is 0.885. The van der Waals surface area contributed by atoms with Gasteiger partial charge in [-0.3, -0.25) is 10.1 Å². The van der Waals surface area contributed by atoms with E-state index in [0.717, 1.165) is 19.4 Å². The van der Waals surface area contributed by atoms with E-state index in [4.69, 9.17) is 0 Å². The van der Waals surface area contributed by atoms with Crippen molar-refractivity contribution in [3.8, 4) is 0 Å². The maximum absolute atomic E-state index is 12.3. The molecule has 1 aliphatic rings. The molecule has 1 amide bonds. The van der Waals surface area contributed by atoms with Crippen molar-refractivity contribution in [2.75, 3.05) is 6.54 Å². The van der Waals surface area contributed by atoms with E-state index in [1.165, 1.54) is 5.56 Å². The molecule has 0 spiro atoms. The molecule has 0 aromatic carbocycles. The van der Waals surface area contributed by atoms with Crippen molar-refractivity contribution in [1.29, 1.82) is 0 Å². The molecule has 1 saturated heterocycles. The number of nitrogens with zero attached hydrogens (tertiary/aromatic N) is 1. The van der Waals surface area contributed by atoms with Crippen LogP contribution in [0.3, 0.4) is 0 Å². The summed E-state index contributed by atoms with van der Waals surface area (Å²) < 4.78 is 0. The van der Waals surface area contributed by atoms with Gasteiger partial charge in [-0.05, 0) is 41.1 Å². The Labute approximate surface area is 113 Å². The maximum Gasteiger partial charge on any atom is 0.241 e. The Kier molecular flexibility index (Phi) is 4.40. The van der Waals surface area contributed by atoms with Gasteiger partial charge < -0.3 is 4.90 Å². The molecule has 0 aliphatic carbocycles. The fraction of sp³-hybridized carbons (Fsp3) is 0.643. The van der Waals surface area contributed by atoms with E-state index in [9.17, 15) is 4.79 Å². The lowest BCUT2D eigenvalue weighted by atomic mass is 10.1. The summed E-state index contributed by atoms with van der Waals surface area (Å²) in [6.45, 7) is 7.31. The number of carbonyl (C=O) groups is 1. The molecule has 4 heteroatoms. The van der Waals surface area contributed by atoms with Crippen molar-refractivity contribution >= 4 is 17.2 Å². The lowest BCUT2D eigenvalue weighted by Gasteiger charge is -2.24. The standard InChI is InChI=1S/C14H22N2OS/c1-4-12-14(17)16(7-5-10(2)3)13(15-12)11-6-8-18-9-11/h6,8-10,12-13,15H,4-5,7H2,1-3H3. The molecule has 2 rings (SSSR count). The van der Waals surface area contributed by atoms with Gasteiger partial charge in [-0.15, -0.1) is 0 Å². The van der Waals surface area contributed by atoms with Crippen molar-refractivity contribution in [3.63, 3.8) is 0 Å². The Hall–Kier alpha value is -0.870. The van der Waals surface area contributed by atoms with E-state index in [0.29, 0.717) is 5.92 Å². The van der Waals surface area contributed by atoms with Crippen LogP contribution in [0.4, 0.5) is 0 Å². The van der Waals surface area contributed by atoms with Gasteiger partial charge in [0.05, 0.1) is 6.04 Å². The van der Waals surface area contributed by atoms with Crippen LogP contribution < -0.4 is 5.32 Å². The van der Waals surface area contributed by atoms with Crippen LogP contribution in [0.15, 0.2) is 16.8 Å². The van der Waals surface area contributed by atoms with Crippen molar-refractivity contribution in [3.05, 3.63) is 22.4 Å². The van der Waals surface area contributed by atoms with E-state index in [2.05, 4.69) is 42.9 Å². The molecular formula is C14H22N2OS. The Morgan fingerprint density at radius 1 is 1.50 bits per heavy atom. The van der Waals surface area contributed by atoms with Crippen LogP contribution in [-0.2, 0) is 4.79 Å². The topological polar surface area (TPSA) is 32.3 Å². The Bertz CT molecular complexity index is 389. The number of thiophene rings is 1. The van der Waals surface area contributed by atoms with Crippen LogP contribution in [0, 0.1) is 5.92 Å². The second-order valence-corrected chi connectivity index (χ2v) is 6.08. The number of hydrogen-bond acceptors (Lipinski definition) is 3. The molecule has 2 unspecified atom stereocenters. The summed E-state index contributed by atoms with van der Waals surface area (Å²) in [6, 6.07) is 2.10. The lowest BCUT2D eigenvalue weighted by molar-refractivity contribution is -0.130. The first-order valence-electron chi connectivity index (χ1n) is 6.72. The normalized spacial score (nSPS) is 24.2. The van der Waals surface area contributed by atoms with E-state index >= 15 is 0 Å². The maximum atomic E-state index is 12.3. The molecular weight excluding hydrogens is 244 g/mol. The van der Waals surface area contributed by atoms with E-state index < -0.39 is 0 Å². The molecule has 1 aliphatic heterocycles. The van der Waals surface area contributed by atoms with Crippen molar-refractivity contribution < 1.29 is 4.79 Å². The summed E-state index contributed by atoms with van der Waals surface area (Å²) in [6.07, 6.45) is 2.00. The van der Waals surface area contributed by atoms with Gasteiger partial charge in [-0.1, -0.05) is 20.8 Å². The fourth-order valence-electron chi connectivity index (χ4n) is 2.32. The largest absolute Gasteiger partial charge is 0.322 e. The minimum atomic E-state index is -0.0120. The van der Waals surface area contributed by atoms with Crippen molar-refractivity contribution in [1.82, 2.24) is 10.2 Å². The predicted octanol–water partition coefficient (Wildman–Crippen LogP) is 3.00. The summed E-state index contributed by atoms with van der Waals surface area (Å²) in [5.41, 5.74) is 1.22. The van der Waals surface area contributed by atoms with Crippen LogP contribution >= 0.6 is 11.3 Å². The van der Waals surface area contributed by atoms with Gasteiger partial charge in [0.2, 0.25) is 5.91 Å². The molecule has 100 valence electrons. The van der Waals surface area contributed by atoms with Gasteiger partial charge >= 0.3 is 0 Å². The van der Waals surface area contributed by atoms with Crippen LogP contribution in [0.5, 0.6) is 0 Å². The average molecular weight is 266 g/mol. The van der Waals surface area contributed by atoms with Crippen molar-refractivity contribution in [2.24, 2.45) is 5.92 Å². The van der Waals surface area contributed by atoms with E-state index in [-0.39, 0.29) is 18.1 Å². The van der Waals surface area contributed by atoms with Gasteiger partial charge in [-0.2, -0.15) is 11.3 Å². The third-order valence-corrected chi connectivity index (χ3v) is 4.17. The predicted molar refractivity (Wildman–Crippen MR) is 75.4 cm³/mol. The molecule has 1 fully saturated rings. The average Bonchev–Trinajstić information content (AvgIpc) is 2.94. The summed E-state index contributed by atoms with van der Waals surface area (Å²) in [5, 5.41) is 7.65. The first-order chi connectivity index (χ1) is 8.63. The first kappa shape index (κ1) is 13.6. The number of hydrogen-bond donors (Lipinski definition) is 1. The number of carbonyl (C=O) groups excluding carboxylic acids is 1. The highest BCUT2D eigenvalue weighted by molar-refractivity contribution is 7.07.